The van der Waals surface area contributed by atoms with Crippen molar-refractivity contribution in [1.29, 1.82) is 0 Å². The second-order valence-electron chi connectivity index (χ2n) is 1.89. The van der Waals surface area contributed by atoms with Gasteiger partial charge in [-0.15, -0.1) is 6.58 Å². The van der Waals surface area contributed by atoms with Crippen LogP contribution in [0.2, 0.25) is 0 Å². The molecule has 0 aliphatic carbocycles. The summed E-state index contributed by atoms with van der Waals surface area (Å²) in [4.78, 5) is 25.4. The maximum Gasteiger partial charge on any atom is 0.449 e. The first-order chi connectivity index (χ1) is 5.74. The highest BCUT2D eigenvalue weighted by Gasteiger charge is 2.03. The monoisotopic (exact) mass is 173 g/mol. The molecule has 0 saturated carbocycles. The van der Waals surface area contributed by atoms with Crippen molar-refractivity contribution < 1.29 is 13.9 Å². The Kier molecular flexibility index (Phi) is 2.52. The Hall–Kier alpha value is -1.72. The van der Waals surface area contributed by atoms with Crippen LogP contribution in [0.4, 0.5) is 0 Å². The van der Waals surface area contributed by atoms with Crippen LogP contribution < -0.4 is 16.1 Å². The van der Waals surface area contributed by atoms with Gasteiger partial charge in [0.15, 0.2) is 0 Å². The predicted molar refractivity (Wildman–Crippen MR) is 37.8 cm³/mol. The summed E-state index contributed by atoms with van der Waals surface area (Å²) in [6, 6.07) is 0. The lowest BCUT2D eigenvalue weighted by atomic mass is 10.5. The summed E-state index contributed by atoms with van der Waals surface area (Å²) >= 11 is 0. The molecule has 0 bridgehead atoms. The first-order valence-corrected chi connectivity index (χ1v) is 3.22. The predicted octanol–water partition coefficient (Wildman–Crippen LogP) is -0.601. The van der Waals surface area contributed by atoms with E-state index in [2.05, 4.69) is 20.5 Å². The van der Waals surface area contributed by atoms with Crippen molar-refractivity contribution in [3.05, 3.63) is 33.5 Å². The second-order valence-corrected chi connectivity index (χ2v) is 1.89. The summed E-state index contributed by atoms with van der Waals surface area (Å²) in [5.74, 6) is 0. The van der Waals surface area contributed by atoms with E-state index in [1.54, 1.807) is 6.08 Å². The Morgan fingerprint density at radius 2 is 2.00 bits per heavy atom. The van der Waals surface area contributed by atoms with Gasteiger partial charge in [0, 0.05) is 6.42 Å². The highest BCUT2D eigenvalue weighted by Crippen LogP contribution is 1.79. The summed E-state index contributed by atoms with van der Waals surface area (Å²) in [5.41, 5.74) is -2.18. The molecule has 0 spiro atoms. The van der Waals surface area contributed by atoms with Crippen molar-refractivity contribution in [2.24, 2.45) is 0 Å². The van der Waals surface area contributed by atoms with E-state index in [0.29, 0.717) is 11.5 Å². The summed E-state index contributed by atoms with van der Waals surface area (Å²) in [6.45, 7) is 3.67. The molecule has 6 heteroatoms. The Morgan fingerprint density at radius 3 is 2.50 bits per heavy atom. The molecule has 0 aromatic carbocycles. The zero-order valence-corrected chi connectivity index (χ0v) is 6.19. The smallest absolute Gasteiger partial charge is 0.357 e. The SMILES string of the molecule is C=CCCOn1oc(=O)c(=O)o1. The van der Waals surface area contributed by atoms with Gasteiger partial charge in [-0.1, -0.05) is 6.08 Å². The van der Waals surface area contributed by atoms with Crippen molar-refractivity contribution in [2.75, 3.05) is 6.61 Å². The largest absolute Gasteiger partial charge is 0.449 e. The van der Waals surface area contributed by atoms with Crippen LogP contribution in [0, 0.1) is 0 Å². The van der Waals surface area contributed by atoms with Gasteiger partial charge in [-0.05, 0) is 0 Å². The van der Waals surface area contributed by atoms with Crippen LogP contribution in [-0.4, -0.2) is 11.7 Å². The van der Waals surface area contributed by atoms with Crippen molar-refractivity contribution in [3.8, 4) is 0 Å². The molecule has 1 heterocycles. The molecular weight excluding hydrogens is 166 g/mol. The van der Waals surface area contributed by atoms with Gasteiger partial charge in [-0.3, -0.25) is 9.05 Å². The molecular formula is C6H7NO5. The van der Waals surface area contributed by atoms with Crippen LogP contribution in [0.1, 0.15) is 6.42 Å². The van der Waals surface area contributed by atoms with E-state index in [0.717, 1.165) is 0 Å². The van der Waals surface area contributed by atoms with Crippen LogP contribution in [-0.2, 0) is 0 Å². The molecule has 0 aliphatic rings. The van der Waals surface area contributed by atoms with E-state index in [-0.39, 0.29) is 6.61 Å². The van der Waals surface area contributed by atoms with E-state index in [9.17, 15) is 9.59 Å². The van der Waals surface area contributed by atoms with Gasteiger partial charge in [-0.25, -0.2) is 9.59 Å². The van der Waals surface area contributed by atoms with Gasteiger partial charge >= 0.3 is 11.3 Å². The number of hydrogen-bond acceptors (Lipinski definition) is 5. The lowest BCUT2D eigenvalue weighted by molar-refractivity contribution is -0.144. The van der Waals surface area contributed by atoms with Crippen molar-refractivity contribution >= 4 is 0 Å². The molecule has 1 aromatic rings. The first kappa shape index (κ1) is 8.38. The summed E-state index contributed by atoms with van der Waals surface area (Å²) in [6.07, 6.45) is 2.17. The summed E-state index contributed by atoms with van der Waals surface area (Å²) < 4.78 is 8.37. The standard InChI is InChI=1S/C6H7NO5/c1-2-3-4-10-7-11-5(8)6(9)12-7/h2H,1,3-4H2. The van der Waals surface area contributed by atoms with Crippen LogP contribution in [0.5, 0.6) is 0 Å². The molecule has 12 heavy (non-hydrogen) atoms. The van der Waals surface area contributed by atoms with Gasteiger partial charge in [0.2, 0.25) is 0 Å². The molecule has 0 amide bonds. The molecule has 0 unspecified atom stereocenters. The molecule has 0 N–H and O–H groups in total. The third-order valence-corrected chi connectivity index (χ3v) is 1.00. The van der Waals surface area contributed by atoms with Crippen molar-refractivity contribution in [1.82, 2.24) is 5.08 Å². The minimum atomic E-state index is -1.09. The zero-order chi connectivity index (χ0) is 8.97. The van der Waals surface area contributed by atoms with Crippen molar-refractivity contribution in [3.63, 3.8) is 0 Å². The van der Waals surface area contributed by atoms with Crippen LogP contribution >= 0.6 is 0 Å². The molecule has 0 atom stereocenters. The van der Waals surface area contributed by atoms with Gasteiger partial charge in [-0.2, -0.15) is 0 Å². The maximum atomic E-state index is 10.4. The normalized spacial score (nSPS) is 9.67. The Morgan fingerprint density at radius 1 is 1.42 bits per heavy atom. The number of aromatic nitrogens is 1. The van der Waals surface area contributed by atoms with Gasteiger partial charge < -0.3 is 4.84 Å². The lowest BCUT2D eigenvalue weighted by Crippen LogP contribution is -2.14. The highest BCUT2D eigenvalue weighted by atomic mass is 17.0. The van der Waals surface area contributed by atoms with Crippen LogP contribution in [0.3, 0.4) is 0 Å². The van der Waals surface area contributed by atoms with E-state index in [1.165, 1.54) is 0 Å². The quantitative estimate of drug-likeness (QED) is 0.345. The van der Waals surface area contributed by atoms with E-state index in [1.807, 2.05) is 0 Å². The molecule has 0 aliphatic heterocycles. The summed E-state index contributed by atoms with van der Waals surface area (Å²) in [7, 11) is 0. The summed E-state index contributed by atoms with van der Waals surface area (Å²) in [5, 5.41) is 0.383. The van der Waals surface area contributed by atoms with Crippen LogP contribution in [0.15, 0.2) is 31.3 Å². The highest BCUT2D eigenvalue weighted by molar-refractivity contribution is 4.64. The lowest BCUT2D eigenvalue weighted by Gasteiger charge is -1.95. The fraction of sp³-hybridized carbons (Fsp3) is 0.333. The minimum Gasteiger partial charge on any atom is -0.357 e. The Bertz CT molecular complexity index is 329. The minimum absolute atomic E-state index is 0.226. The topological polar surface area (TPSA) is 74.6 Å². The molecule has 0 saturated heterocycles. The Labute approximate surface area is 66.5 Å². The molecule has 66 valence electrons. The fourth-order valence-electron chi connectivity index (χ4n) is 0.492. The van der Waals surface area contributed by atoms with E-state index < -0.39 is 11.3 Å². The fourth-order valence-corrected chi connectivity index (χ4v) is 0.492. The molecule has 1 aromatic heterocycles. The maximum absolute atomic E-state index is 10.4. The Balaban J connectivity index is 2.59. The van der Waals surface area contributed by atoms with E-state index >= 15 is 0 Å². The van der Waals surface area contributed by atoms with E-state index in [4.69, 9.17) is 0 Å². The van der Waals surface area contributed by atoms with Gasteiger partial charge in [0.05, 0.1) is 0 Å². The average Bonchev–Trinajstić information content (AvgIpc) is 2.32. The number of hydrogen-bond donors (Lipinski definition) is 0. The van der Waals surface area contributed by atoms with Gasteiger partial charge in [0.25, 0.3) is 0 Å². The molecule has 1 rings (SSSR count). The van der Waals surface area contributed by atoms with Crippen LogP contribution in [0.25, 0.3) is 0 Å². The van der Waals surface area contributed by atoms with Gasteiger partial charge in [0.1, 0.15) is 11.7 Å². The molecule has 6 nitrogen and oxygen atoms in total. The zero-order valence-electron chi connectivity index (χ0n) is 6.19. The second kappa shape index (κ2) is 3.61. The average molecular weight is 173 g/mol. The molecule has 0 radical (unpaired) electrons. The number of rotatable bonds is 4. The van der Waals surface area contributed by atoms with Crippen molar-refractivity contribution in [2.45, 2.75) is 6.42 Å². The first-order valence-electron chi connectivity index (χ1n) is 3.22. The third-order valence-electron chi connectivity index (χ3n) is 1.00. The number of nitrogens with zero attached hydrogens (tertiary/aromatic N) is 1. The molecule has 0 fully saturated rings. The third kappa shape index (κ3) is 1.88.